The highest BCUT2D eigenvalue weighted by Gasteiger charge is 2.23. The molecule has 32 heavy (non-hydrogen) atoms. The van der Waals surface area contributed by atoms with Gasteiger partial charge in [0.2, 0.25) is 15.4 Å². The van der Waals surface area contributed by atoms with Crippen molar-refractivity contribution in [3.63, 3.8) is 0 Å². The normalized spacial score (nSPS) is 12.2. The standard InChI is InChI=1S/C24H20ClNO5S/c1-15-4-8-19(9-5-15)32(27,28)23-13-16-12-17(25)6-11-21(16)31-24(23)26-20-10-7-18(29-2)14-22(20)30-3/h4-14H,1-3H3. The smallest absolute Gasteiger partial charge is 0.239 e. The fourth-order valence-electron chi connectivity index (χ4n) is 3.18. The zero-order chi connectivity index (χ0) is 22.9. The van der Waals surface area contributed by atoms with Gasteiger partial charge in [0, 0.05) is 16.5 Å². The van der Waals surface area contributed by atoms with E-state index in [2.05, 4.69) is 4.99 Å². The first kappa shape index (κ1) is 21.9. The maximum Gasteiger partial charge on any atom is 0.239 e. The van der Waals surface area contributed by atoms with Gasteiger partial charge in [-0.25, -0.2) is 13.4 Å². The summed E-state index contributed by atoms with van der Waals surface area (Å²) in [5, 5.41) is 1.01. The lowest BCUT2D eigenvalue weighted by Gasteiger charge is -2.09. The minimum atomic E-state index is -3.94. The van der Waals surface area contributed by atoms with Gasteiger partial charge in [0.05, 0.1) is 19.1 Å². The summed E-state index contributed by atoms with van der Waals surface area (Å²) in [4.78, 5) is 4.57. The van der Waals surface area contributed by atoms with Gasteiger partial charge in [-0.1, -0.05) is 29.3 Å². The molecule has 0 bridgehead atoms. The first-order chi connectivity index (χ1) is 15.3. The van der Waals surface area contributed by atoms with Gasteiger partial charge in [0.1, 0.15) is 27.7 Å². The molecule has 0 aliphatic heterocycles. The summed E-state index contributed by atoms with van der Waals surface area (Å²) in [7, 11) is -0.899. The van der Waals surface area contributed by atoms with Gasteiger partial charge in [0.25, 0.3) is 0 Å². The number of methoxy groups -OCH3 is 2. The van der Waals surface area contributed by atoms with E-state index in [1.165, 1.54) is 13.2 Å². The SMILES string of the molecule is COc1ccc(N=c2oc3ccc(Cl)cc3cc2S(=O)(=O)c2ccc(C)cc2)c(OC)c1. The van der Waals surface area contributed by atoms with Crippen LogP contribution in [-0.2, 0) is 9.84 Å². The first-order valence-electron chi connectivity index (χ1n) is 9.64. The molecule has 4 rings (SSSR count). The molecule has 8 heteroatoms. The van der Waals surface area contributed by atoms with Crippen molar-refractivity contribution in [1.29, 1.82) is 0 Å². The van der Waals surface area contributed by atoms with E-state index in [-0.39, 0.29) is 15.3 Å². The molecule has 0 radical (unpaired) electrons. The van der Waals surface area contributed by atoms with E-state index >= 15 is 0 Å². The lowest BCUT2D eigenvalue weighted by atomic mass is 10.2. The lowest BCUT2D eigenvalue weighted by Crippen LogP contribution is -2.16. The van der Waals surface area contributed by atoms with Crippen LogP contribution in [0.25, 0.3) is 11.0 Å². The Balaban J connectivity index is 2.03. The number of ether oxygens (including phenoxy) is 2. The third-order valence-electron chi connectivity index (χ3n) is 4.91. The molecule has 0 spiro atoms. The maximum atomic E-state index is 13.5. The second-order valence-electron chi connectivity index (χ2n) is 7.06. The van der Waals surface area contributed by atoms with Crippen LogP contribution < -0.4 is 15.0 Å². The molecule has 1 heterocycles. The van der Waals surface area contributed by atoms with Gasteiger partial charge in [-0.2, -0.15) is 0 Å². The van der Waals surface area contributed by atoms with Crippen LogP contribution in [0.5, 0.6) is 11.5 Å². The molecule has 0 fully saturated rings. The van der Waals surface area contributed by atoms with Crippen LogP contribution >= 0.6 is 11.6 Å². The summed E-state index contributed by atoms with van der Waals surface area (Å²) < 4.78 is 43.6. The van der Waals surface area contributed by atoms with Gasteiger partial charge in [-0.05, 0) is 55.5 Å². The molecule has 164 valence electrons. The molecule has 0 aliphatic carbocycles. The zero-order valence-electron chi connectivity index (χ0n) is 17.6. The Morgan fingerprint density at radius 2 is 1.66 bits per heavy atom. The number of aryl methyl sites for hydroxylation is 1. The quantitative estimate of drug-likeness (QED) is 0.387. The number of halogens is 1. The number of benzene rings is 3. The van der Waals surface area contributed by atoms with Crippen molar-refractivity contribution >= 4 is 38.1 Å². The molecule has 0 amide bonds. The second kappa shape index (κ2) is 8.68. The van der Waals surface area contributed by atoms with Crippen LogP contribution in [0.1, 0.15) is 5.56 Å². The average molecular weight is 470 g/mol. The fourth-order valence-corrected chi connectivity index (χ4v) is 4.71. The van der Waals surface area contributed by atoms with Crippen molar-refractivity contribution in [1.82, 2.24) is 0 Å². The molecule has 0 N–H and O–H groups in total. The topological polar surface area (TPSA) is 78.1 Å². The lowest BCUT2D eigenvalue weighted by molar-refractivity contribution is 0.394. The third kappa shape index (κ3) is 4.22. The molecule has 0 saturated heterocycles. The Morgan fingerprint density at radius 1 is 0.906 bits per heavy atom. The Labute approximate surface area is 190 Å². The Hall–Kier alpha value is -3.29. The molecular weight excluding hydrogens is 450 g/mol. The van der Waals surface area contributed by atoms with E-state index in [0.717, 1.165) is 5.56 Å². The predicted octanol–water partition coefficient (Wildman–Crippen LogP) is 5.48. The van der Waals surface area contributed by atoms with Gasteiger partial charge in [-0.15, -0.1) is 0 Å². The van der Waals surface area contributed by atoms with Crippen molar-refractivity contribution < 1.29 is 22.3 Å². The number of rotatable bonds is 5. The van der Waals surface area contributed by atoms with E-state index in [1.807, 2.05) is 6.92 Å². The highest BCUT2D eigenvalue weighted by atomic mass is 35.5. The summed E-state index contributed by atoms with van der Waals surface area (Å²) in [6.07, 6.45) is 0. The van der Waals surface area contributed by atoms with Crippen LogP contribution in [0.2, 0.25) is 5.02 Å². The predicted molar refractivity (Wildman–Crippen MR) is 123 cm³/mol. The van der Waals surface area contributed by atoms with Gasteiger partial charge >= 0.3 is 0 Å². The van der Waals surface area contributed by atoms with Crippen LogP contribution in [-0.4, -0.2) is 22.6 Å². The molecule has 0 unspecified atom stereocenters. The number of fused-ring (bicyclic) bond motifs is 1. The number of nitrogens with zero attached hydrogens (tertiary/aromatic N) is 1. The average Bonchev–Trinajstić information content (AvgIpc) is 2.79. The minimum absolute atomic E-state index is 0.0659. The van der Waals surface area contributed by atoms with Crippen LogP contribution in [0, 0.1) is 6.92 Å². The zero-order valence-corrected chi connectivity index (χ0v) is 19.2. The molecule has 0 atom stereocenters. The van der Waals surface area contributed by atoms with E-state index < -0.39 is 9.84 Å². The second-order valence-corrected chi connectivity index (χ2v) is 9.42. The maximum absolute atomic E-state index is 13.5. The molecule has 6 nitrogen and oxygen atoms in total. The van der Waals surface area contributed by atoms with Crippen molar-refractivity contribution in [2.75, 3.05) is 14.2 Å². The minimum Gasteiger partial charge on any atom is -0.497 e. The van der Waals surface area contributed by atoms with Gasteiger partial charge in [0.15, 0.2) is 0 Å². The van der Waals surface area contributed by atoms with Crippen molar-refractivity contribution in [2.24, 2.45) is 4.99 Å². The molecule has 0 saturated carbocycles. The van der Waals surface area contributed by atoms with E-state index in [9.17, 15) is 8.42 Å². The molecule has 1 aromatic heterocycles. The molecule has 4 aromatic rings. The van der Waals surface area contributed by atoms with Crippen molar-refractivity contribution in [2.45, 2.75) is 16.7 Å². The summed E-state index contributed by atoms with van der Waals surface area (Å²) in [5.41, 5.74) is 1.73. The summed E-state index contributed by atoms with van der Waals surface area (Å²) in [6, 6.07) is 18.1. The van der Waals surface area contributed by atoms with Crippen molar-refractivity contribution in [3.05, 3.63) is 82.9 Å². The van der Waals surface area contributed by atoms with Gasteiger partial charge in [-0.3, -0.25) is 0 Å². The first-order valence-corrected chi connectivity index (χ1v) is 11.5. The van der Waals surface area contributed by atoms with E-state index in [1.54, 1.807) is 67.8 Å². The molecular formula is C24H20ClNO5S. The number of hydrogen-bond donors (Lipinski definition) is 0. The highest BCUT2D eigenvalue weighted by molar-refractivity contribution is 7.91. The molecule has 3 aromatic carbocycles. The van der Waals surface area contributed by atoms with Crippen LogP contribution in [0.15, 0.2) is 85.9 Å². The largest absolute Gasteiger partial charge is 0.497 e. The van der Waals surface area contributed by atoms with Crippen molar-refractivity contribution in [3.8, 4) is 11.5 Å². The van der Waals surface area contributed by atoms with E-state index in [0.29, 0.717) is 33.2 Å². The summed E-state index contributed by atoms with van der Waals surface area (Å²) in [6.45, 7) is 1.89. The summed E-state index contributed by atoms with van der Waals surface area (Å²) >= 11 is 6.11. The molecule has 0 aliphatic rings. The van der Waals surface area contributed by atoms with Crippen LogP contribution in [0.3, 0.4) is 0 Å². The highest BCUT2D eigenvalue weighted by Crippen LogP contribution is 2.32. The summed E-state index contributed by atoms with van der Waals surface area (Å²) in [5.74, 6) is 0.993. The van der Waals surface area contributed by atoms with E-state index in [4.69, 9.17) is 25.5 Å². The Morgan fingerprint density at radius 3 is 2.34 bits per heavy atom. The monoisotopic (exact) mass is 469 g/mol. The Bertz CT molecular complexity index is 1480. The number of sulfone groups is 1. The third-order valence-corrected chi connectivity index (χ3v) is 6.90. The number of hydrogen-bond acceptors (Lipinski definition) is 6. The fraction of sp³-hybridized carbons (Fsp3) is 0.125. The van der Waals surface area contributed by atoms with Crippen LogP contribution in [0.4, 0.5) is 5.69 Å². The Kier molecular flexibility index (Phi) is 5.95. The van der Waals surface area contributed by atoms with Gasteiger partial charge < -0.3 is 13.9 Å².